The van der Waals surface area contributed by atoms with E-state index in [-0.39, 0.29) is 0 Å². The van der Waals surface area contributed by atoms with Crippen molar-refractivity contribution in [1.29, 1.82) is 0 Å². The lowest BCUT2D eigenvalue weighted by Crippen LogP contribution is -2.26. The Morgan fingerprint density at radius 2 is 2.25 bits per heavy atom. The van der Waals surface area contributed by atoms with Crippen LogP contribution in [0, 0.1) is 6.92 Å². The molecule has 1 atom stereocenters. The smallest absolute Gasteiger partial charge is 0.221 e. The minimum Gasteiger partial charge on any atom is -0.477 e. The molecule has 1 aliphatic rings. The van der Waals surface area contributed by atoms with Crippen molar-refractivity contribution >= 4 is 5.82 Å². The second-order valence-corrected chi connectivity index (χ2v) is 5.33. The average molecular weight is 279 g/mol. The van der Waals surface area contributed by atoms with Crippen LogP contribution in [0.4, 0.5) is 5.82 Å². The molecule has 0 aliphatic carbocycles. The Morgan fingerprint density at radius 3 is 2.85 bits per heavy atom. The summed E-state index contributed by atoms with van der Waals surface area (Å²) in [4.78, 5) is 11.2. The van der Waals surface area contributed by atoms with Crippen LogP contribution in [0.25, 0.3) is 0 Å². The molecule has 1 aliphatic heterocycles. The zero-order valence-electron chi connectivity index (χ0n) is 12.6. The zero-order chi connectivity index (χ0) is 14.5. The van der Waals surface area contributed by atoms with Crippen LogP contribution < -0.4 is 16.0 Å². The lowest BCUT2D eigenvalue weighted by Gasteiger charge is -2.19. The van der Waals surface area contributed by atoms with Crippen LogP contribution >= 0.6 is 0 Å². The summed E-state index contributed by atoms with van der Waals surface area (Å²) in [6.07, 6.45) is 4.34. The summed E-state index contributed by atoms with van der Waals surface area (Å²) < 4.78 is 5.86. The van der Waals surface area contributed by atoms with Crippen LogP contribution in [-0.4, -0.2) is 41.1 Å². The van der Waals surface area contributed by atoms with Gasteiger partial charge in [-0.25, -0.2) is 10.8 Å². The highest BCUT2D eigenvalue weighted by Gasteiger charge is 2.20. The monoisotopic (exact) mass is 279 g/mol. The number of hydrogen-bond donors (Lipinski definition) is 2. The number of hydrogen-bond acceptors (Lipinski definition) is 6. The molecule has 112 valence electrons. The van der Waals surface area contributed by atoms with E-state index in [1.54, 1.807) is 0 Å². The number of nitrogens with one attached hydrogen (secondary N) is 1. The van der Waals surface area contributed by atoms with Gasteiger partial charge < -0.3 is 15.1 Å². The quantitative estimate of drug-likeness (QED) is 0.607. The molecule has 1 unspecified atom stereocenters. The van der Waals surface area contributed by atoms with Gasteiger partial charge in [0.25, 0.3) is 0 Å². The second kappa shape index (κ2) is 6.85. The number of anilines is 1. The number of rotatable bonds is 6. The van der Waals surface area contributed by atoms with Crippen molar-refractivity contribution in [2.45, 2.75) is 45.6 Å². The number of aryl methyl sites for hydroxylation is 1. The number of ether oxygens (including phenoxy) is 1. The molecule has 2 rings (SSSR count). The summed E-state index contributed by atoms with van der Waals surface area (Å²) in [7, 11) is 2.18. The molecule has 0 amide bonds. The summed E-state index contributed by atoms with van der Waals surface area (Å²) >= 11 is 0. The Bertz CT molecular complexity index is 451. The molecule has 0 bridgehead atoms. The van der Waals surface area contributed by atoms with Crippen LogP contribution in [0.2, 0.25) is 0 Å². The van der Waals surface area contributed by atoms with E-state index >= 15 is 0 Å². The Kier molecular flexibility index (Phi) is 5.14. The number of aromatic nitrogens is 2. The van der Waals surface area contributed by atoms with Crippen LogP contribution in [0.15, 0.2) is 0 Å². The van der Waals surface area contributed by atoms with Crippen LogP contribution in [-0.2, 0) is 6.42 Å². The van der Waals surface area contributed by atoms with Crippen molar-refractivity contribution in [2.24, 2.45) is 5.84 Å². The number of likely N-dealkylation sites (tertiary alicyclic amines) is 1. The van der Waals surface area contributed by atoms with Crippen LogP contribution in [0.5, 0.6) is 5.88 Å². The molecule has 6 heteroatoms. The van der Waals surface area contributed by atoms with Crippen molar-refractivity contribution in [3.8, 4) is 5.88 Å². The minimum atomic E-state index is 0.634. The Morgan fingerprint density at radius 1 is 1.45 bits per heavy atom. The number of nitrogens with zero attached hydrogens (tertiary/aromatic N) is 3. The summed E-state index contributed by atoms with van der Waals surface area (Å²) in [5.74, 6) is 7.52. The first-order valence-corrected chi connectivity index (χ1v) is 7.32. The van der Waals surface area contributed by atoms with E-state index in [9.17, 15) is 0 Å². The van der Waals surface area contributed by atoms with Gasteiger partial charge in [-0.2, -0.15) is 4.98 Å². The second-order valence-electron chi connectivity index (χ2n) is 5.33. The molecular weight excluding hydrogens is 254 g/mol. The third-order valence-corrected chi connectivity index (χ3v) is 3.96. The molecule has 20 heavy (non-hydrogen) atoms. The van der Waals surface area contributed by atoms with Gasteiger partial charge in [-0.1, -0.05) is 6.92 Å². The summed E-state index contributed by atoms with van der Waals surface area (Å²) in [6, 6.07) is 0.634. The maximum absolute atomic E-state index is 5.86. The maximum Gasteiger partial charge on any atom is 0.221 e. The lowest BCUT2D eigenvalue weighted by atomic mass is 10.1. The normalized spacial score (nSPS) is 19.3. The van der Waals surface area contributed by atoms with Gasteiger partial charge in [0.15, 0.2) is 0 Å². The maximum atomic E-state index is 5.86. The van der Waals surface area contributed by atoms with Crippen LogP contribution in [0.1, 0.15) is 37.6 Å². The third kappa shape index (κ3) is 3.37. The van der Waals surface area contributed by atoms with Gasteiger partial charge in [-0.05, 0) is 39.8 Å². The molecule has 3 N–H and O–H groups in total. The largest absolute Gasteiger partial charge is 0.477 e. The number of hydrazine groups is 1. The molecule has 0 radical (unpaired) electrons. The number of nitrogens with two attached hydrogens (primary N) is 1. The van der Waals surface area contributed by atoms with Crippen molar-refractivity contribution in [3.05, 3.63) is 11.4 Å². The summed E-state index contributed by atoms with van der Waals surface area (Å²) in [6.45, 7) is 5.81. The highest BCUT2D eigenvalue weighted by Crippen LogP contribution is 2.23. The van der Waals surface area contributed by atoms with E-state index in [1.165, 1.54) is 19.4 Å². The van der Waals surface area contributed by atoms with Crippen molar-refractivity contribution in [1.82, 2.24) is 14.9 Å². The Hall–Kier alpha value is -1.40. The van der Waals surface area contributed by atoms with E-state index in [0.717, 1.165) is 24.2 Å². The van der Waals surface area contributed by atoms with E-state index in [1.807, 2.05) is 13.8 Å². The first-order valence-electron chi connectivity index (χ1n) is 7.32. The molecule has 1 aromatic rings. The SMILES string of the molecule is CCc1nc(NN)c(C)c(OCCC2CCCN2C)n1. The highest BCUT2D eigenvalue weighted by molar-refractivity contribution is 5.47. The predicted molar refractivity (Wildman–Crippen MR) is 79.7 cm³/mol. The Labute approximate surface area is 120 Å². The fourth-order valence-corrected chi connectivity index (χ4v) is 2.62. The van der Waals surface area contributed by atoms with Crippen molar-refractivity contribution in [3.63, 3.8) is 0 Å². The van der Waals surface area contributed by atoms with Crippen LogP contribution in [0.3, 0.4) is 0 Å². The highest BCUT2D eigenvalue weighted by atomic mass is 16.5. The topological polar surface area (TPSA) is 76.3 Å². The molecule has 2 heterocycles. The molecule has 1 aromatic heterocycles. The van der Waals surface area contributed by atoms with Gasteiger partial charge in [-0.15, -0.1) is 0 Å². The molecule has 0 aromatic carbocycles. The predicted octanol–water partition coefficient (Wildman–Crippen LogP) is 1.50. The fraction of sp³-hybridized carbons (Fsp3) is 0.714. The van der Waals surface area contributed by atoms with Gasteiger partial charge in [0, 0.05) is 12.5 Å². The zero-order valence-corrected chi connectivity index (χ0v) is 12.6. The van der Waals surface area contributed by atoms with Gasteiger partial charge in [0.05, 0.1) is 12.2 Å². The standard InChI is InChI=1S/C14H25N5O/c1-4-12-16-13(18-15)10(2)14(17-12)20-9-7-11-6-5-8-19(11)3/h11H,4-9,15H2,1-3H3,(H,16,17,18). The minimum absolute atomic E-state index is 0.634. The van der Waals surface area contributed by atoms with Gasteiger partial charge in [-0.3, -0.25) is 0 Å². The molecular formula is C14H25N5O. The van der Waals surface area contributed by atoms with Gasteiger partial charge in [0.2, 0.25) is 5.88 Å². The van der Waals surface area contributed by atoms with Gasteiger partial charge in [0.1, 0.15) is 11.6 Å². The van der Waals surface area contributed by atoms with Crippen molar-refractivity contribution < 1.29 is 4.74 Å². The molecule has 1 fully saturated rings. The van der Waals surface area contributed by atoms with E-state index < -0.39 is 0 Å². The average Bonchev–Trinajstić information content (AvgIpc) is 2.86. The lowest BCUT2D eigenvalue weighted by molar-refractivity contribution is 0.227. The summed E-state index contributed by atoms with van der Waals surface area (Å²) in [5, 5.41) is 0. The first kappa shape index (κ1) is 15.0. The van der Waals surface area contributed by atoms with E-state index in [0.29, 0.717) is 24.3 Å². The molecule has 0 saturated carbocycles. The first-order chi connectivity index (χ1) is 9.65. The fourth-order valence-electron chi connectivity index (χ4n) is 2.62. The molecule has 0 spiro atoms. The van der Waals surface area contributed by atoms with E-state index in [4.69, 9.17) is 10.6 Å². The van der Waals surface area contributed by atoms with Crippen molar-refractivity contribution in [2.75, 3.05) is 25.6 Å². The molecule has 1 saturated heterocycles. The molecule has 6 nitrogen and oxygen atoms in total. The third-order valence-electron chi connectivity index (χ3n) is 3.96. The van der Waals surface area contributed by atoms with Gasteiger partial charge >= 0.3 is 0 Å². The Balaban J connectivity index is 1.97. The van der Waals surface area contributed by atoms with E-state index in [2.05, 4.69) is 27.3 Å². The summed E-state index contributed by atoms with van der Waals surface area (Å²) in [5.41, 5.74) is 3.47. The number of nitrogen functional groups attached to an aromatic ring is 1.